The lowest BCUT2D eigenvalue weighted by atomic mass is 10.1. The summed E-state index contributed by atoms with van der Waals surface area (Å²) in [5.41, 5.74) is 4.59. The molecule has 1 fully saturated rings. The molecule has 0 unspecified atom stereocenters. The molecule has 0 bridgehead atoms. The summed E-state index contributed by atoms with van der Waals surface area (Å²) in [5, 5.41) is 6.10. The Morgan fingerprint density at radius 3 is 2.69 bits per heavy atom. The second kappa shape index (κ2) is 8.84. The summed E-state index contributed by atoms with van der Waals surface area (Å²) >= 11 is 0. The number of nitrogens with one attached hydrogen (secondary N) is 2. The van der Waals surface area contributed by atoms with Gasteiger partial charge in [-0.25, -0.2) is 9.97 Å². The van der Waals surface area contributed by atoms with Crippen LogP contribution in [0.5, 0.6) is 0 Å². The van der Waals surface area contributed by atoms with Gasteiger partial charge in [-0.2, -0.15) is 0 Å². The highest BCUT2D eigenvalue weighted by Crippen LogP contribution is 2.21. The van der Waals surface area contributed by atoms with E-state index in [4.69, 9.17) is 4.74 Å². The minimum absolute atomic E-state index is 0.111. The average molecular weight is 388 g/mol. The SMILES string of the molecule is Cc1cccc(-c2cnc(Nc3cccc(C(=O)NC[C@H]4CCCO4)c3)nc2)c1. The van der Waals surface area contributed by atoms with Crippen molar-refractivity contribution in [2.45, 2.75) is 25.9 Å². The van der Waals surface area contributed by atoms with E-state index < -0.39 is 0 Å². The number of aromatic nitrogens is 2. The van der Waals surface area contributed by atoms with E-state index in [1.165, 1.54) is 5.56 Å². The maximum atomic E-state index is 12.4. The zero-order chi connectivity index (χ0) is 20.1. The van der Waals surface area contributed by atoms with Gasteiger partial charge in [0.05, 0.1) is 6.10 Å². The third kappa shape index (κ3) is 4.97. The molecule has 1 amide bonds. The first-order chi connectivity index (χ1) is 14.2. The minimum atomic E-state index is -0.111. The lowest BCUT2D eigenvalue weighted by molar-refractivity contribution is 0.0858. The van der Waals surface area contributed by atoms with Crippen molar-refractivity contribution < 1.29 is 9.53 Å². The van der Waals surface area contributed by atoms with E-state index >= 15 is 0 Å². The van der Waals surface area contributed by atoms with Crippen LogP contribution in [-0.2, 0) is 4.74 Å². The van der Waals surface area contributed by atoms with Crippen LogP contribution in [0, 0.1) is 6.92 Å². The number of carbonyl (C=O) groups excluding carboxylic acids is 1. The number of hydrogen-bond donors (Lipinski definition) is 2. The third-order valence-corrected chi connectivity index (χ3v) is 4.90. The Bertz CT molecular complexity index is 982. The third-order valence-electron chi connectivity index (χ3n) is 4.90. The maximum Gasteiger partial charge on any atom is 0.251 e. The van der Waals surface area contributed by atoms with E-state index in [1.807, 2.05) is 24.3 Å². The summed E-state index contributed by atoms with van der Waals surface area (Å²) in [4.78, 5) is 21.2. The molecule has 1 saturated heterocycles. The normalized spacial score (nSPS) is 15.8. The molecule has 29 heavy (non-hydrogen) atoms. The van der Waals surface area contributed by atoms with E-state index in [2.05, 4.69) is 39.7 Å². The smallest absolute Gasteiger partial charge is 0.251 e. The summed E-state index contributed by atoms with van der Waals surface area (Å²) in [5.74, 6) is 0.373. The molecule has 0 spiro atoms. The first kappa shape index (κ1) is 19.1. The fraction of sp³-hybridized carbons (Fsp3) is 0.261. The van der Waals surface area contributed by atoms with Crippen LogP contribution in [0.3, 0.4) is 0 Å². The fourth-order valence-corrected chi connectivity index (χ4v) is 3.35. The number of ether oxygens (including phenoxy) is 1. The molecule has 6 nitrogen and oxygen atoms in total. The van der Waals surface area contributed by atoms with Crippen LogP contribution in [0.1, 0.15) is 28.8 Å². The number of hydrogen-bond acceptors (Lipinski definition) is 5. The van der Waals surface area contributed by atoms with Gasteiger partial charge in [0.15, 0.2) is 0 Å². The van der Waals surface area contributed by atoms with E-state index in [-0.39, 0.29) is 12.0 Å². The first-order valence-corrected chi connectivity index (χ1v) is 9.83. The van der Waals surface area contributed by atoms with Gasteiger partial charge >= 0.3 is 0 Å². The van der Waals surface area contributed by atoms with Gasteiger partial charge in [0.2, 0.25) is 5.95 Å². The molecule has 0 saturated carbocycles. The molecule has 6 heteroatoms. The van der Waals surface area contributed by atoms with Gasteiger partial charge in [-0.3, -0.25) is 4.79 Å². The number of rotatable bonds is 6. The van der Waals surface area contributed by atoms with Crippen LogP contribution in [-0.4, -0.2) is 35.1 Å². The number of amides is 1. The molecule has 3 aromatic rings. The van der Waals surface area contributed by atoms with Crippen molar-refractivity contribution in [3.8, 4) is 11.1 Å². The molecule has 1 aliphatic heterocycles. The second-order valence-corrected chi connectivity index (χ2v) is 7.22. The first-order valence-electron chi connectivity index (χ1n) is 9.83. The van der Waals surface area contributed by atoms with Crippen molar-refractivity contribution in [2.24, 2.45) is 0 Å². The Kier molecular flexibility index (Phi) is 5.81. The highest BCUT2D eigenvalue weighted by Gasteiger charge is 2.16. The van der Waals surface area contributed by atoms with Crippen molar-refractivity contribution in [1.29, 1.82) is 0 Å². The van der Waals surface area contributed by atoms with Crippen molar-refractivity contribution in [1.82, 2.24) is 15.3 Å². The molecular formula is C23H24N4O2. The molecule has 1 aliphatic rings. The van der Waals surface area contributed by atoms with E-state index in [1.54, 1.807) is 24.5 Å². The van der Waals surface area contributed by atoms with Gasteiger partial charge < -0.3 is 15.4 Å². The van der Waals surface area contributed by atoms with Gasteiger partial charge in [-0.1, -0.05) is 35.9 Å². The van der Waals surface area contributed by atoms with Gasteiger partial charge in [0, 0.05) is 42.4 Å². The summed E-state index contributed by atoms with van der Waals surface area (Å²) in [7, 11) is 0. The molecule has 4 rings (SSSR count). The van der Waals surface area contributed by atoms with Gasteiger partial charge in [0.25, 0.3) is 5.91 Å². The quantitative estimate of drug-likeness (QED) is 0.665. The van der Waals surface area contributed by atoms with E-state index in [0.29, 0.717) is 18.1 Å². The van der Waals surface area contributed by atoms with Crippen LogP contribution >= 0.6 is 0 Å². The Morgan fingerprint density at radius 1 is 1.10 bits per heavy atom. The number of anilines is 2. The molecule has 1 aromatic heterocycles. The number of carbonyl (C=O) groups is 1. The molecule has 2 heterocycles. The van der Waals surface area contributed by atoms with Crippen LogP contribution in [0.4, 0.5) is 11.6 Å². The summed E-state index contributed by atoms with van der Waals surface area (Å²) in [6.07, 6.45) is 5.77. The molecule has 0 radical (unpaired) electrons. The Morgan fingerprint density at radius 2 is 1.93 bits per heavy atom. The van der Waals surface area contributed by atoms with Crippen LogP contribution < -0.4 is 10.6 Å². The fourth-order valence-electron chi connectivity index (χ4n) is 3.35. The van der Waals surface area contributed by atoms with Crippen molar-refractivity contribution in [3.05, 3.63) is 72.1 Å². The predicted molar refractivity (Wildman–Crippen MR) is 113 cm³/mol. The van der Waals surface area contributed by atoms with Crippen LogP contribution in [0.25, 0.3) is 11.1 Å². The lowest BCUT2D eigenvalue weighted by Gasteiger charge is -2.11. The molecule has 148 valence electrons. The maximum absolute atomic E-state index is 12.4. The molecule has 0 aliphatic carbocycles. The largest absolute Gasteiger partial charge is 0.376 e. The van der Waals surface area contributed by atoms with Crippen molar-refractivity contribution >= 4 is 17.5 Å². The van der Waals surface area contributed by atoms with Crippen LogP contribution in [0.15, 0.2) is 60.9 Å². The second-order valence-electron chi connectivity index (χ2n) is 7.22. The number of aryl methyl sites for hydroxylation is 1. The summed E-state index contributed by atoms with van der Waals surface area (Å²) in [6.45, 7) is 3.38. The van der Waals surface area contributed by atoms with E-state index in [0.717, 1.165) is 36.3 Å². The zero-order valence-corrected chi connectivity index (χ0v) is 16.4. The Hall–Kier alpha value is -3.25. The zero-order valence-electron chi connectivity index (χ0n) is 16.4. The summed E-state index contributed by atoms with van der Waals surface area (Å²) in [6, 6.07) is 15.5. The monoisotopic (exact) mass is 388 g/mol. The van der Waals surface area contributed by atoms with Gasteiger partial charge in [-0.05, 0) is 43.5 Å². The summed E-state index contributed by atoms with van der Waals surface area (Å²) < 4.78 is 5.55. The minimum Gasteiger partial charge on any atom is -0.376 e. The molecular weight excluding hydrogens is 364 g/mol. The van der Waals surface area contributed by atoms with Crippen molar-refractivity contribution in [3.63, 3.8) is 0 Å². The Labute approximate surface area is 170 Å². The van der Waals surface area contributed by atoms with Crippen molar-refractivity contribution in [2.75, 3.05) is 18.5 Å². The molecule has 2 aromatic carbocycles. The van der Waals surface area contributed by atoms with Gasteiger partial charge in [0.1, 0.15) is 0 Å². The van der Waals surface area contributed by atoms with E-state index in [9.17, 15) is 4.79 Å². The standard InChI is InChI=1S/C23H24N4O2/c1-16-5-2-6-17(11-16)19-13-25-23(26-14-19)27-20-8-3-7-18(12-20)22(28)24-15-21-9-4-10-29-21/h2-3,5-8,11-14,21H,4,9-10,15H2,1H3,(H,24,28)(H,25,26,27)/t21-/m1/s1. The number of benzene rings is 2. The topological polar surface area (TPSA) is 76.1 Å². The lowest BCUT2D eigenvalue weighted by Crippen LogP contribution is -2.31. The highest BCUT2D eigenvalue weighted by molar-refractivity contribution is 5.95. The van der Waals surface area contributed by atoms with Crippen LogP contribution in [0.2, 0.25) is 0 Å². The average Bonchev–Trinajstić information content (AvgIpc) is 3.26. The van der Waals surface area contributed by atoms with Gasteiger partial charge in [-0.15, -0.1) is 0 Å². The Balaban J connectivity index is 1.40. The number of nitrogens with zero attached hydrogens (tertiary/aromatic N) is 2. The highest BCUT2D eigenvalue weighted by atomic mass is 16.5. The molecule has 2 N–H and O–H groups in total. The molecule has 1 atom stereocenters. The predicted octanol–water partition coefficient (Wildman–Crippen LogP) is 4.10.